The summed E-state index contributed by atoms with van der Waals surface area (Å²) in [4.78, 5) is 11.3. The van der Waals surface area contributed by atoms with Gasteiger partial charge >= 0.3 is 5.97 Å². The van der Waals surface area contributed by atoms with Crippen LogP contribution in [0.3, 0.4) is 0 Å². The minimum Gasteiger partial charge on any atom is -0.489 e. The van der Waals surface area contributed by atoms with E-state index in [2.05, 4.69) is 24.0 Å². The zero-order valence-electron chi connectivity index (χ0n) is 17.9. The molecule has 0 aromatic heterocycles. The number of ether oxygens (including phenoxy) is 1. The quantitative estimate of drug-likeness (QED) is 0.241. The Kier molecular flexibility index (Phi) is 10.5. The monoisotopic (exact) mass is 459 g/mol. The number of carboxylic acids is 1. The summed E-state index contributed by atoms with van der Waals surface area (Å²) in [5, 5.41) is 12.0. The summed E-state index contributed by atoms with van der Waals surface area (Å²) in [6.07, 6.45) is 6.62. The highest BCUT2D eigenvalue weighted by Gasteiger charge is 2.13. The van der Waals surface area contributed by atoms with Crippen molar-refractivity contribution in [3.8, 4) is 0 Å². The Morgan fingerprint density at radius 1 is 1.19 bits per heavy atom. The number of halogens is 2. The van der Waals surface area contributed by atoms with Crippen LogP contribution in [-0.2, 0) is 22.6 Å². The molecular weight excluding hydrogens is 432 g/mol. The number of allylic oxidation sites excluding steroid dienone is 4. The number of hydrogen-bond acceptors (Lipinski definition) is 4. The molecule has 2 N–H and O–H groups in total. The summed E-state index contributed by atoms with van der Waals surface area (Å²) in [6.45, 7) is 3.10. The van der Waals surface area contributed by atoms with Crippen molar-refractivity contribution in [1.82, 2.24) is 0 Å². The van der Waals surface area contributed by atoms with Crippen molar-refractivity contribution >= 4 is 24.3 Å². The standard InChI is InChI=1S/C19H22FNO3.C6H5FS/c1-14(6-8-18(22)23)5-7-17(9-11-20)24-13-16-4-2-3-15-10-12-21-19(15)16;7-5-1-3-6(8)4-2-5/h2-5,7,9,11,21H,6,8,10,12-13H2,1H3,(H,22,23);1-4,8H/b11-9+,14-5+,17-7+;. The first-order chi connectivity index (χ1) is 15.4. The predicted octanol–water partition coefficient (Wildman–Crippen LogP) is 6.46. The Balaban J connectivity index is 0.000000380. The van der Waals surface area contributed by atoms with Gasteiger partial charge in [-0.05, 0) is 55.7 Å². The van der Waals surface area contributed by atoms with Gasteiger partial charge in [0.25, 0.3) is 0 Å². The summed E-state index contributed by atoms with van der Waals surface area (Å²) in [5.41, 5.74) is 4.31. The highest BCUT2D eigenvalue weighted by Crippen LogP contribution is 2.27. The lowest BCUT2D eigenvalue weighted by Gasteiger charge is -2.11. The summed E-state index contributed by atoms with van der Waals surface area (Å²) in [7, 11) is 0. The molecule has 1 aliphatic heterocycles. The second-order valence-electron chi connectivity index (χ2n) is 7.16. The molecule has 0 fully saturated rings. The predicted molar refractivity (Wildman–Crippen MR) is 126 cm³/mol. The molecule has 170 valence electrons. The lowest BCUT2D eigenvalue weighted by atomic mass is 10.1. The molecule has 3 rings (SSSR count). The Bertz CT molecular complexity index is 964. The molecule has 0 spiro atoms. The maximum atomic E-state index is 12.6. The highest BCUT2D eigenvalue weighted by molar-refractivity contribution is 7.80. The molecule has 0 unspecified atom stereocenters. The van der Waals surface area contributed by atoms with E-state index in [0.29, 0.717) is 25.1 Å². The Labute approximate surface area is 192 Å². The number of hydrogen-bond donors (Lipinski definition) is 3. The van der Waals surface area contributed by atoms with E-state index in [1.54, 1.807) is 24.3 Å². The number of carbonyl (C=O) groups is 1. The van der Waals surface area contributed by atoms with E-state index in [9.17, 15) is 13.6 Å². The largest absolute Gasteiger partial charge is 0.489 e. The fourth-order valence-corrected chi connectivity index (χ4v) is 3.11. The third-order valence-corrected chi connectivity index (χ3v) is 4.94. The van der Waals surface area contributed by atoms with Gasteiger partial charge in [0.05, 0.1) is 6.33 Å². The van der Waals surface area contributed by atoms with Crippen molar-refractivity contribution in [3.05, 3.63) is 95.3 Å². The molecule has 32 heavy (non-hydrogen) atoms. The lowest BCUT2D eigenvalue weighted by molar-refractivity contribution is -0.136. The normalized spacial score (nSPS) is 13.2. The van der Waals surface area contributed by atoms with Crippen molar-refractivity contribution in [1.29, 1.82) is 0 Å². The van der Waals surface area contributed by atoms with Crippen molar-refractivity contribution in [2.45, 2.75) is 37.7 Å². The number of aliphatic carboxylic acids is 1. The van der Waals surface area contributed by atoms with Crippen LogP contribution in [0.15, 0.2) is 83.3 Å². The number of carboxylic acid groups (broad SMARTS) is 1. The highest BCUT2D eigenvalue weighted by atomic mass is 32.1. The summed E-state index contributed by atoms with van der Waals surface area (Å²) in [6, 6.07) is 12.0. The van der Waals surface area contributed by atoms with Gasteiger partial charge in [0.1, 0.15) is 18.2 Å². The summed E-state index contributed by atoms with van der Waals surface area (Å²) < 4.78 is 30.3. The zero-order valence-corrected chi connectivity index (χ0v) is 18.7. The second kappa shape index (κ2) is 13.4. The molecule has 0 radical (unpaired) electrons. The van der Waals surface area contributed by atoms with E-state index >= 15 is 0 Å². The van der Waals surface area contributed by atoms with Crippen molar-refractivity contribution < 1.29 is 23.4 Å². The SMILES string of the molecule is C\C(=C/C=C(\C=C\F)OCc1cccc2c1NCC2)CCC(=O)O.Fc1ccc(S)cc1. The van der Waals surface area contributed by atoms with Crippen LogP contribution in [0.1, 0.15) is 30.9 Å². The van der Waals surface area contributed by atoms with Gasteiger partial charge < -0.3 is 15.2 Å². The van der Waals surface area contributed by atoms with Gasteiger partial charge in [0.2, 0.25) is 0 Å². The van der Waals surface area contributed by atoms with E-state index in [-0.39, 0.29) is 12.2 Å². The van der Waals surface area contributed by atoms with E-state index in [0.717, 1.165) is 34.7 Å². The molecule has 0 saturated heterocycles. The fraction of sp³-hybridized carbons (Fsp3) is 0.240. The third kappa shape index (κ3) is 8.98. The van der Waals surface area contributed by atoms with Gasteiger partial charge in [-0.15, -0.1) is 12.6 Å². The first kappa shape index (κ1) is 25.2. The molecule has 2 aromatic carbocycles. The van der Waals surface area contributed by atoms with E-state index in [1.807, 2.05) is 19.1 Å². The van der Waals surface area contributed by atoms with Crippen LogP contribution in [0.5, 0.6) is 0 Å². The van der Waals surface area contributed by atoms with Crippen molar-refractivity contribution in [3.63, 3.8) is 0 Å². The molecule has 2 aromatic rings. The number of fused-ring (bicyclic) bond motifs is 1. The van der Waals surface area contributed by atoms with E-state index in [4.69, 9.17) is 9.84 Å². The summed E-state index contributed by atoms with van der Waals surface area (Å²) >= 11 is 3.97. The third-order valence-electron chi connectivity index (χ3n) is 4.65. The maximum Gasteiger partial charge on any atom is 0.303 e. The number of para-hydroxylation sites is 1. The molecule has 0 amide bonds. The lowest BCUT2D eigenvalue weighted by Crippen LogP contribution is -1.98. The van der Waals surface area contributed by atoms with E-state index < -0.39 is 5.97 Å². The van der Waals surface area contributed by atoms with Gasteiger partial charge in [0.15, 0.2) is 0 Å². The molecule has 4 nitrogen and oxygen atoms in total. The van der Waals surface area contributed by atoms with Crippen molar-refractivity contribution in [2.24, 2.45) is 0 Å². The van der Waals surface area contributed by atoms with Crippen LogP contribution in [0.2, 0.25) is 0 Å². The Hall–Kier alpha value is -3.06. The Morgan fingerprint density at radius 2 is 1.94 bits per heavy atom. The van der Waals surface area contributed by atoms with Gasteiger partial charge in [-0.2, -0.15) is 0 Å². The number of thiol groups is 1. The molecule has 1 heterocycles. The van der Waals surface area contributed by atoms with Crippen LogP contribution in [0.4, 0.5) is 14.5 Å². The van der Waals surface area contributed by atoms with E-state index in [1.165, 1.54) is 23.8 Å². The first-order valence-corrected chi connectivity index (χ1v) is 10.6. The van der Waals surface area contributed by atoms with Crippen LogP contribution in [-0.4, -0.2) is 17.6 Å². The minimum atomic E-state index is -0.836. The topological polar surface area (TPSA) is 58.6 Å². The molecule has 1 aliphatic rings. The van der Waals surface area contributed by atoms with Crippen LogP contribution >= 0.6 is 12.6 Å². The fourth-order valence-electron chi connectivity index (χ4n) is 2.96. The number of anilines is 1. The minimum absolute atomic E-state index is 0.0765. The zero-order chi connectivity index (χ0) is 23.3. The van der Waals surface area contributed by atoms with Crippen LogP contribution < -0.4 is 5.32 Å². The molecule has 0 bridgehead atoms. The molecule has 0 atom stereocenters. The maximum absolute atomic E-state index is 12.6. The molecule has 0 saturated carbocycles. The molecule has 7 heteroatoms. The number of benzene rings is 2. The Morgan fingerprint density at radius 3 is 2.59 bits per heavy atom. The second-order valence-corrected chi connectivity index (χ2v) is 7.68. The summed E-state index contributed by atoms with van der Waals surface area (Å²) in [5.74, 6) is -0.664. The van der Waals surface area contributed by atoms with Crippen molar-refractivity contribution in [2.75, 3.05) is 11.9 Å². The number of rotatable bonds is 8. The van der Waals surface area contributed by atoms with Crippen LogP contribution in [0, 0.1) is 5.82 Å². The number of nitrogens with one attached hydrogen (secondary N) is 1. The van der Waals surface area contributed by atoms with Crippen LogP contribution in [0.25, 0.3) is 0 Å². The molecule has 0 aliphatic carbocycles. The smallest absolute Gasteiger partial charge is 0.303 e. The van der Waals surface area contributed by atoms with Gasteiger partial charge in [-0.25, -0.2) is 8.78 Å². The van der Waals surface area contributed by atoms with Gasteiger partial charge in [0, 0.05) is 35.2 Å². The van der Waals surface area contributed by atoms with Gasteiger partial charge in [-0.3, -0.25) is 4.79 Å². The molecular formula is C25H27F2NO3S. The average Bonchev–Trinajstić information content (AvgIpc) is 3.26. The average molecular weight is 460 g/mol. The first-order valence-electron chi connectivity index (χ1n) is 10.2. The van der Waals surface area contributed by atoms with Gasteiger partial charge in [-0.1, -0.05) is 29.8 Å².